The molecule has 0 fully saturated rings. The van der Waals surface area contributed by atoms with Gasteiger partial charge in [0.1, 0.15) is 11.5 Å². The first-order valence-corrected chi connectivity index (χ1v) is 6.24. The number of halogens is 1. The Labute approximate surface area is 116 Å². The van der Waals surface area contributed by atoms with Gasteiger partial charge in [0, 0.05) is 0 Å². The first-order chi connectivity index (χ1) is 9.16. The number of ether oxygens (including phenoxy) is 1. The number of carbonyl (C=O) groups is 1. The van der Waals surface area contributed by atoms with Gasteiger partial charge in [-0.3, -0.25) is 4.79 Å². The first kappa shape index (κ1) is 13.5. The highest BCUT2D eigenvalue weighted by atomic mass is 35.5. The summed E-state index contributed by atoms with van der Waals surface area (Å²) < 4.78 is 10.5. The van der Waals surface area contributed by atoms with Crippen LogP contribution in [-0.2, 0) is 4.79 Å². The van der Waals surface area contributed by atoms with Crippen LogP contribution in [0.4, 0.5) is 0 Å². The number of hydrogen-bond acceptors (Lipinski definition) is 3. The Balaban J connectivity index is 1.84. The summed E-state index contributed by atoms with van der Waals surface area (Å²) in [6.07, 6.45) is 1.57. The SMILES string of the molecule is C[C@H](NC(=O)COc1ccccc1Cl)c1ccco1. The van der Waals surface area contributed by atoms with Crippen molar-refractivity contribution in [3.05, 3.63) is 53.4 Å². The molecule has 0 aliphatic rings. The van der Waals surface area contributed by atoms with E-state index in [1.807, 2.05) is 6.92 Å². The third-order valence-corrected chi connectivity index (χ3v) is 2.86. The summed E-state index contributed by atoms with van der Waals surface area (Å²) in [6.45, 7) is 1.75. The summed E-state index contributed by atoms with van der Waals surface area (Å²) in [5, 5.41) is 3.25. The van der Waals surface area contributed by atoms with Gasteiger partial charge in [0.2, 0.25) is 0 Å². The summed E-state index contributed by atoms with van der Waals surface area (Å²) in [5.41, 5.74) is 0. The minimum absolute atomic E-state index is 0.0885. The molecule has 0 spiro atoms. The fraction of sp³-hybridized carbons (Fsp3) is 0.214. The highest BCUT2D eigenvalue weighted by molar-refractivity contribution is 6.32. The van der Waals surface area contributed by atoms with Crippen LogP contribution < -0.4 is 10.1 Å². The zero-order valence-electron chi connectivity index (χ0n) is 10.4. The molecule has 0 radical (unpaired) electrons. The molecule has 1 atom stereocenters. The van der Waals surface area contributed by atoms with Crippen molar-refractivity contribution in [2.24, 2.45) is 0 Å². The van der Waals surface area contributed by atoms with Gasteiger partial charge in [0.05, 0.1) is 17.3 Å². The second kappa shape index (κ2) is 6.29. The molecule has 1 N–H and O–H groups in total. The van der Waals surface area contributed by atoms with E-state index >= 15 is 0 Å². The minimum Gasteiger partial charge on any atom is -0.482 e. The summed E-state index contributed by atoms with van der Waals surface area (Å²) in [5.74, 6) is 0.958. The van der Waals surface area contributed by atoms with E-state index < -0.39 is 0 Å². The molecule has 5 heteroatoms. The zero-order valence-corrected chi connectivity index (χ0v) is 11.2. The van der Waals surface area contributed by atoms with E-state index in [-0.39, 0.29) is 18.6 Å². The van der Waals surface area contributed by atoms with Gasteiger partial charge in [-0.25, -0.2) is 0 Å². The number of para-hydroxylation sites is 1. The van der Waals surface area contributed by atoms with Gasteiger partial charge in [-0.1, -0.05) is 23.7 Å². The van der Waals surface area contributed by atoms with Gasteiger partial charge in [-0.15, -0.1) is 0 Å². The molecule has 1 aromatic carbocycles. The van der Waals surface area contributed by atoms with Gasteiger partial charge < -0.3 is 14.5 Å². The predicted molar refractivity (Wildman–Crippen MR) is 72.2 cm³/mol. The van der Waals surface area contributed by atoms with E-state index in [0.29, 0.717) is 16.5 Å². The van der Waals surface area contributed by atoms with Crippen molar-refractivity contribution >= 4 is 17.5 Å². The van der Waals surface area contributed by atoms with Gasteiger partial charge >= 0.3 is 0 Å². The van der Waals surface area contributed by atoms with Crippen LogP contribution in [0.1, 0.15) is 18.7 Å². The summed E-state index contributed by atoms with van der Waals surface area (Å²) >= 11 is 5.92. The van der Waals surface area contributed by atoms with Crippen LogP contribution in [0.15, 0.2) is 47.1 Å². The molecule has 2 aromatic rings. The quantitative estimate of drug-likeness (QED) is 0.914. The molecule has 0 unspecified atom stereocenters. The van der Waals surface area contributed by atoms with Crippen molar-refractivity contribution in [1.82, 2.24) is 5.32 Å². The van der Waals surface area contributed by atoms with Crippen LogP contribution in [0, 0.1) is 0 Å². The Morgan fingerprint density at radius 2 is 2.16 bits per heavy atom. The number of nitrogens with one attached hydrogen (secondary N) is 1. The average Bonchev–Trinajstić information content (AvgIpc) is 2.91. The van der Waals surface area contributed by atoms with E-state index in [9.17, 15) is 4.79 Å². The smallest absolute Gasteiger partial charge is 0.258 e. The molecule has 0 aliphatic carbocycles. The number of hydrogen-bond donors (Lipinski definition) is 1. The lowest BCUT2D eigenvalue weighted by atomic mass is 10.2. The van der Waals surface area contributed by atoms with Crippen molar-refractivity contribution in [3.8, 4) is 5.75 Å². The van der Waals surface area contributed by atoms with Crippen molar-refractivity contribution in [1.29, 1.82) is 0 Å². The largest absolute Gasteiger partial charge is 0.482 e. The van der Waals surface area contributed by atoms with Crippen LogP contribution in [0.2, 0.25) is 5.02 Å². The number of amides is 1. The van der Waals surface area contributed by atoms with Crippen LogP contribution in [-0.4, -0.2) is 12.5 Å². The molecule has 100 valence electrons. The molecule has 0 bridgehead atoms. The Bertz CT molecular complexity index is 539. The normalized spacial score (nSPS) is 11.9. The van der Waals surface area contributed by atoms with E-state index in [1.54, 1.807) is 42.7 Å². The summed E-state index contributed by atoms with van der Waals surface area (Å²) in [7, 11) is 0. The maximum atomic E-state index is 11.7. The third-order valence-electron chi connectivity index (χ3n) is 2.54. The third kappa shape index (κ3) is 3.76. The van der Waals surface area contributed by atoms with Crippen LogP contribution in [0.25, 0.3) is 0 Å². The van der Waals surface area contributed by atoms with Gasteiger partial charge in [0.15, 0.2) is 6.61 Å². The lowest BCUT2D eigenvalue weighted by Crippen LogP contribution is -2.31. The maximum Gasteiger partial charge on any atom is 0.258 e. The van der Waals surface area contributed by atoms with Crippen LogP contribution in [0.5, 0.6) is 5.75 Å². The lowest BCUT2D eigenvalue weighted by molar-refractivity contribution is -0.123. The Hall–Kier alpha value is -1.94. The zero-order chi connectivity index (χ0) is 13.7. The minimum atomic E-state index is -0.233. The molecule has 1 aromatic heterocycles. The molecule has 0 saturated carbocycles. The molecule has 0 aliphatic heterocycles. The number of furan rings is 1. The number of rotatable bonds is 5. The second-order valence-electron chi connectivity index (χ2n) is 4.02. The summed E-state index contributed by atoms with van der Waals surface area (Å²) in [6, 6.07) is 10.4. The van der Waals surface area contributed by atoms with Crippen molar-refractivity contribution in [2.75, 3.05) is 6.61 Å². The molecule has 0 saturated heterocycles. The molecule has 4 nitrogen and oxygen atoms in total. The maximum absolute atomic E-state index is 11.7. The molecular weight excluding hydrogens is 266 g/mol. The van der Waals surface area contributed by atoms with Gasteiger partial charge in [0.25, 0.3) is 5.91 Å². The second-order valence-corrected chi connectivity index (χ2v) is 4.43. The average molecular weight is 280 g/mol. The van der Waals surface area contributed by atoms with Crippen molar-refractivity contribution < 1.29 is 13.9 Å². The van der Waals surface area contributed by atoms with Gasteiger partial charge in [-0.05, 0) is 31.2 Å². The van der Waals surface area contributed by atoms with Crippen molar-refractivity contribution in [3.63, 3.8) is 0 Å². The topological polar surface area (TPSA) is 51.5 Å². The monoisotopic (exact) mass is 279 g/mol. The van der Waals surface area contributed by atoms with Crippen LogP contribution >= 0.6 is 11.6 Å². The van der Waals surface area contributed by atoms with Crippen molar-refractivity contribution in [2.45, 2.75) is 13.0 Å². The highest BCUT2D eigenvalue weighted by Crippen LogP contribution is 2.22. The highest BCUT2D eigenvalue weighted by Gasteiger charge is 2.12. The Morgan fingerprint density at radius 3 is 2.84 bits per heavy atom. The summed E-state index contributed by atoms with van der Waals surface area (Å²) in [4.78, 5) is 11.7. The molecule has 1 heterocycles. The Morgan fingerprint density at radius 1 is 1.37 bits per heavy atom. The van der Waals surface area contributed by atoms with E-state index in [1.165, 1.54) is 0 Å². The van der Waals surface area contributed by atoms with Gasteiger partial charge in [-0.2, -0.15) is 0 Å². The molecule has 2 rings (SSSR count). The van der Waals surface area contributed by atoms with E-state index in [2.05, 4.69) is 5.32 Å². The van der Waals surface area contributed by atoms with Crippen LogP contribution in [0.3, 0.4) is 0 Å². The van der Waals surface area contributed by atoms with E-state index in [4.69, 9.17) is 20.8 Å². The first-order valence-electron chi connectivity index (χ1n) is 5.87. The lowest BCUT2D eigenvalue weighted by Gasteiger charge is -2.12. The fourth-order valence-corrected chi connectivity index (χ4v) is 1.79. The molecule has 1 amide bonds. The number of carbonyl (C=O) groups excluding carboxylic acids is 1. The predicted octanol–water partition coefficient (Wildman–Crippen LogP) is 3.19. The molecular formula is C14H14ClNO3. The number of benzene rings is 1. The molecule has 19 heavy (non-hydrogen) atoms. The fourth-order valence-electron chi connectivity index (χ4n) is 1.60. The van der Waals surface area contributed by atoms with E-state index in [0.717, 1.165) is 0 Å². The standard InChI is InChI=1S/C14H14ClNO3/c1-10(12-7-4-8-18-12)16-14(17)9-19-13-6-3-2-5-11(13)15/h2-8,10H,9H2,1H3,(H,16,17)/t10-/m0/s1. The Kier molecular flexibility index (Phi) is 4.47.